The first-order valence-electron chi connectivity index (χ1n) is 16.2. The van der Waals surface area contributed by atoms with Crippen LogP contribution in [0.5, 0.6) is 0 Å². The van der Waals surface area contributed by atoms with Crippen LogP contribution in [-0.4, -0.2) is 28.1 Å². The third-order valence-electron chi connectivity index (χ3n) is 9.14. The molecule has 0 spiro atoms. The number of rotatable bonds is 7. The molecule has 1 amide bonds. The topological polar surface area (TPSA) is 94.7 Å². The van der Waals surface area contributed by atoms with Gasteiger partial charge in [-0.05, 0) is 86.9 Å². The fraction of sp³-hybridized carbons (Fsp3) is 0.263. The number of aromatic nitrogens is 2. The Morgan fingerprint density at radius 2 is 1.73 bits per heavy atom. The first kappa shape index (κ1) is 31.8. The van der Waals surface area contributed by atoms with E-state index in [0.717, 1.165) is 70.0 Å². The van der Waals surface area contributed by atoms with Crippen LogP contribution >= 0.6 is 22.7 Å². The number of ether oxygens (including phenoxy) is 1. The van der Waals surface area contributed by atoms with Crippen LogP contribution in [0.4, 0.5) is 5.69 Å². The summed E-state index contributed by atoms with van der Waals surface area (Å²) in [6, 6.07) is 20.5. The normalized spacial score (nSPS) is 15.9. The highest BCUT2D eigenvalue weighted by Crippen LogP contribution is 2.39. The van der Waals surface area contributed by atoms with E-state index in [1.165, 1.54) is 23.3 Å². The molecule has 2 aromatic carbocycles. The number of benzene rings is 2. The largest absolute Gasteiger partial charge is 0.466 e. The number of para-hydroxylation sites is 1. The molecule has 1 N–H and O–H groups in total. The predicted molar refractivity (Wildman–Crippen MR) is 191 cm³/mol. The van der Waals surface area contributed by atoms with E-state index in [1.807, 2.05) is 87.5 Å². The van der Waals surface area contributed by atoms with E-state index in [4.69, 9.17) is 9.73 Å². The Morgan fingerprint density at radius 3 is 2.44 bits per heavy atom. The lowest BCUT2D eigenvalue weighted by atomic mass is 9.95. The monoisotopic (exact) mass is 676 g/mol. The Bertz CT molecular complexity index is 2270. The van der Waals surface area contributed by atoms with Crippen LogP contribution in [0.3, 0.4) is 0 Å². The van der Waals surface area contributed by atoms with Crippen LogP contribution in [0.25, 0.3) is 11.1 Å². The van der Waals surface area contributed by atoms with Gasteiger partial charge in [0.2, 0.25) is 0 Å². The quantitative estimate of drug-likeness (QED) is 0.202. The maximum absolute atomic E-state index is 14.2. The number of allylic oxidation sites excluding steroid dienone is 1. The Balaban J connectivity index is 1.36. The minimum atomic E-state index is -0.650. The molecule has 1 aliphatic heterocycles. The minimum absolute atomic E-state index is 0.105. The number of thiazole rings is 1. The Morgan fingerprint density at radius 1 is 1.02 bits per heavy atom. The number of carbonyl (C=O) groups is 2. The number of nitrogens with zero attached hydrogens (tertiary/aromatic N) is 3. The standard InChI is InChI=1S/C38H36N4O4S2/c1-5-28-32(37(45)46-4)33(24-14-8-6-9-15-24)42-35(44)30(48-38(42)40-28)21-25-20-22(2)41(23(25)3)36-31(27-18-12-13-19-29(27)47-36)34(43)39-26-16-10-7-11-17-26/h6-11,14-17,20-21,33H,5,12-13,18-19H2,1-4H3,(H,39,43)/b30-21-/t33-/m0/s1. The molecule has 10 heteroatoms. The number of hydrogen-bond donors (Lipinski definition) is 1. The summed E-state index contributed by atoms with van der Waals surface area (Å²) in [5, 5.41) is 4.03. The zero-order valence-electron chi connectivity index (χ0n) is 27.3. The van der Waals surface area contributed by atoms with Gasteiger partial charge in [0.15, 0.2) is 4.80 Å². The molecule has 244 valence electrons. The van der Waals surface area contributed by atoms with Crippen molar-refractivity contribution in [1.82, 2.24) is 9.13 Å². The van der Waals surface area contributed by atoms with Crippen LogP contribution in [0, 0.1) is 13.8 Å². The number of nitrogens with one attached hydrogen (secondary N) is 1. The number of hydrogen-bond acceptors (Lipinski definition) is 7. The van der Waals surface area contributed by atoms with Crippen molar-refractivity contribution in [1.29, 1.82) is 0 Å². The van der Waals surface area contributed by atoms with Gasteiger partial charge >= 0.3 is 5.97 Å². The maximum atomic E-state index is 14.2. The number of anilines is 1. The number of fused-ring (bicyclic) bond motifs is 2. The SMILES string of the molecule is CCC1=C(C(=O)OC)[C@H](c2ccccc2)n2c(s/c(=C\c3cc(C)n(-c4sc5c(c4C(=O)Nc4ccccc4)CCCC5)c3C)c2=O)=N1. The molecule has 0 saturated carbocycles. The number of amides is 1. The van der Waals surface area contributed by atoms with E-state index in [9.17, 15) is 14.4 Å². The highest BCUT2D eigenvalue weighted by atomic mass is 32.1. The van der Waals surface area contributed by atoms with Gasteiger partial charge in [-0.3, -0.25) is 14.2 Å². The third kappa shape index (κ3) is 5.48. The fourth-order valence-corrected chi connectivity index (χ4v) is 9.37. The molecule has 48 heavy (non-hydrogen) atoms. The van der Waals surface area contributed by atoms with E-state index in [1.54, 1.807) is 15.9 Å². The summed E-state index contributed by atoms with van der Waals surface area (Å²) in [6.45, 7) is 6.02. The van der Waals surface area contributed by atoms with E-state index >= 15 is 0 Å². The Labute approximate surface area is 286 Å². The fourth-order valence-electron chi connectivity index (χ4n) is 6.86. The molecular weight excluding hydrogens is 641 g/mol. The molecular formula is C38H36N4O4S2. The molecule has 4 heterocycles. The van der Waals surface area contributed by atoms with Crippen molar-refractivity contribution in [3.63, 3.8) is 0 Å². The Kier molecular flexibility index (Phi) is 8.61. The van der Waals surface area contributed by atoms with Crippen LogP contribution < -0.4 is 20.2 Å². The van der Waals surface area contributed by atoms with Crippen LogP contribution in [-0.2, 0) is 22.4 Å². The molecule has 8 nitrogen and oxygen atoms in total. The number of aryl methyl sites for hydroxylation is 2. The second-order valence-corrected chi connectivity index (χ2v) is 14.2. The first-order chi connectivity index (χ1) is 23.3. The minimum Gasteiger partial charge on any atom is -0.466 e. The van der Waals surface area contributed by atoms with Crippen molar-refractivity contribution in [2.24, 2.45) is 4.99 Å². The van der Waals surface area contributed by atoms with E-state index in [2.05, 4.69) is 16.0 Å². The van der Waals surface area contributed by atoms with Crippen molar-refractivity contribution in [3.05, 3.63) is 136 Å². The van der Waals surface area contributed by atoms with E-state index in [-0.39, 0.29) is 11.5 Å². The molecule has 5 aromatic rings. The lowest BCUT2D eigenvalue weighted by Gasteiger charge is -2.25. The summed E-state index contributed by atoms with van der Waals surface area (Å²) < 4.78 is 9.48. The molecule has 0 saturated heterocycles. The summed E-state index contributed by atoms with van der Waals surface area (Å²) in [5.74, 6) is -0.597. The zero-order chi connectivity index (χ0) is 33.5. The van der Waals surface area contributed by atoms with Gasteiger partial charge in [0.05, 0.1) is 34.5 Å². The van der Waals surface area contributed by atoms with Crippen molar-refractivity contribution < 1.29 is 14.3 Å². The molecule has 0 bridgehead atoms. The smallest absolute Gasteiger partial charge is 0.338 e. The second kappa shape index (κ2) is 13.0. The van der Waals surface area contributed by atoms with Gasteiger partial charge in [0.1, 0.15) is 5.00 Å². The molecule has 1 atom stereocenters. The van der Waals surface area contributed by atoms with Gasteiger partial charge in [-0.15, -0.1) is 11.3 Å². The molecule has 0 fully saturated rings. The Hall–Kier alpha value is -4.80. The molecule has 3 aromatic heterocycles. The lowest BCUT2D eigenvalue weighted by Crippen LogP contribution is -2.40. The van der Waals surface area contributed by atoms with Crippen LogP contribution in [0.1, 0.15) is 75.5 Å². The van der Waals surface area contributed by atoms with Crippen LogP contribution in [0.15, 0.2) is 87.8 Å². The van der Waals surface area contributed by atoms with Gasteiger partial charge in [0.25, 0.3) is 11.5 Å². The van der Waals surface area contributed by atoms with E-state index < -0.39 is 12.0 Å². The number of thiophene rings is 1. The van der Waals surface area contributed by atoms with Gasteiger partial charge in [-0.1, -0.05) is 66.8 Å². The summed E-state index contributed by atoms with van der Waals surface area (Å²) >= 11 is 3.01. The van der Waals surface area contributed by atoms with Crippen molar-refractivity contribution in [3.8, 4) is 5.00 Å². The number of esters is 1. The third-order valence-corrected chi connectivity index (χ3v) is 11.4. The average molecular weight is 677 g/mol. The van der Waals surface area contributed by atoms with Gasteiger partial charge in [0, 0.05) is 22.0 Å². The first-order valence-corrected chi connectivity index (χ1v) is 17.8. The highest BCUT2D eigenvalue weighted by molar-refractivity contribution is 7.15. The van der Waals surface area contributed by atoms with Crippen molar-refractivity contribution >= 4 is 46.3 Å². The number of methoxy groups -OCH3 is 1. The number of carbonyl (C=O) groups excluding carboxylic acids is 2. The maximum Gasteiger partial charge on any atom is 0.338 e. The summed E-state index contributed by atoms with van der Waals surface area (Å²) in [6.07, 6.45) is 6.46. The second-order valence-electron chi connectivity index (χ2n) is 12.1. The zero-order valence-corrected chi connectivity index (χ0v) is 29.0. The molecule has 0 unspecified atom stereocenters. The van der Waals surface area contributed by atoms with Crippen molar-refractivity contribution in [2.45, 2.75) is 58.9 Å². The van der Waals surface area contributed by atoms with Crippen molar-refractivity contribution in [2.75, 3.05) is 12.4 Å². The summed E-state index contributed by atoms with van der Waals surface area (Å²) in [5.41, 5.74) is 7.03. The van der Waals surface area contributed by atoms with Gasteiger partial charge in [-0.2, -0.15) is 0 Å². The van der Waals surface area contributed by atoms with E-state index in [0.29, 0.717) is 27.0 Å². The highest BCUT2D eigenvalue weighted by Gasteiger charge is 2.34. The molecule has 0 radical (unpaired) electrons. The van der Waals surface area contributed by atoms with Crippen LogP contribution in [0.2, 0.25) is 0 Å². The summed E-state index contributed by atoms with van der Waals surface area (Å²) in [4.78, 5) is 47.9. The summed E-state index contributed by atoms with van der Waals surface area (Å²) in [7, 11) is 1.35. The molecule has 1 aliphatic carbocycles. The lowest BCUT2D eigenvalue weighted by molar-refractivity contribution is -0.136. The molecule has 2 aliphatic rings. The predicted octanol–water partition coefficient (Wildman–Crippen LogP) is 6.40. The van der Waals surface area contributed by atoms with Gasteiger partial charge < -0.3 is 14.6 Å². The molecule has 7 rings (SSSR count). The average Bonchev–Trinajstić information content (AvgIpc) is 3.73. The van der Waals surface area contributed by atoms with Gasteiger partial charge in [-0.25, -0.2) is 9.79 Å².